The largest absolute Gasteiger partial charge is 0.480 e. The van der Waals surface area contributed by atoms with Crippen LogP contribution in [-0.2, 0) is 4.79 Å². The molecule has 0 bridgehead atoms. The van der Waals surface area contributed by atoms with E-state index in [0.717, 1.165) is 10.7 Å². The number of nitrogens with zero attached hydrogens (tertiary/aromatic N) is 2. The molecule has 0 spiro atoms. The molecule has 122 valence electrons. The minimum Gasteiger partial charge on any atom is -0.480 e. The van der Waals surface area contributed by atoms with Crippen molar-refractivity contribution in [3.8, 4) is 0 Å². The molecule has 0 saturated carbocycles. The first-order valence-corrected chi connectivity index (χ1v) is 8.71. The molecule has 0 aromatic carbocycles. The molecule has 1 fully saturated rings. The van der Waals surface area contributed by atoms with Crippen molar-refractivity contribution in [2.24, 2.45) is 5.92 Å². The number of carboxylic acids is 1. The second-order valence-electron chi connectivity index (χ2n) is 6.54. The highest BCUT2D eigenvalue weighted by atomic mass is 32.1. The van der Waals surface area contributed by atoms with E-state index in [2.05, 4.69) is 29.1 Å². The average molecular weight is 331 g/mol. The molecule has 3 heterocycles. The first kappa shape index (κ1) is 16.1. The van der Waals surface area contributed by atoms with Gasteiger partial charge < -0.3 is 5.11 Å². The maximum absolute atomic E-state index is 12.1. The Morgan fingerprint density at radius 2 is 2.26 bits per heavy atom. The van der Waals surface area contributed by atoms with Gasteiger partial charge in [0.25, 0.3) is 0 Å². The van der Waals surface area contributed by atoms with Crippen molar-refractivity contribution in [2.75, 3.05) is 0 Å². The summed E-state index contributed by atoms with van der Waals surface area (Å²) in [4.78, 5) is 20.9. The summed E-state index contributed by atoms with van der Waals surface area (Å²) in [5, 5.41) is 16.1. The van der Waals surface area contributed by atoms with Crippen LogP contribution in [0.4, 0.5) is 0 Å². The highest BCUT2D eigenvalue weighted by molar-refractivity contribution is 7.09. The van der Waals surface area contributed by atoms with Gasteiger partial charge in [0.15, 0.2) is 0 Å². The van der Waals surface area contributed by atoms with Crippen molar-refractivity contribution in [1.82, 2.24) is 15.3 Å². The molecule has 5 nitrogen and oxygen atoms in total. The summed E-state index contributed by atoms with van der Waals surface area (Å²) in [5.74, 6) is -0.485. The first-order valence-electron chi connectivity index (χ1n) is 7.83. The fourth-order valence-electron chi connectivity index (χ4n) is 3.52. The normalized spacial score (nSPS) is 27.4. The zero-order valence-corrected chi connectivity index (χ0v) is 14.1. The van der Waals surface area contributed by atoms with Crippen molar-refractivity contribution < 1.29 is 9.90 Å². The van der Waals surface area contributed by atoms with E-state index in [9.17, 15) is 9.90 Å². The maximum Gasteiger partial charge on any atom is 0.323 e. The van der Waals surface area contributed by atoms with Gasteiger partial charge >= 0.3 is 5.97 Å². The molecule has 1 aliphatic rings. The molecule has 1 aliphatic heterocycles. The predicted molar refractivity (Wildman–Crippen MR) is 89.4 cm³/mol. The number of pyridine rings is 1. The van der Waals surface area contributed by atoms with Gasteiger partial charge in [-0.1, -0.05) is 19.9 Å². The summed E-state index contributed by atoms with van der Waals surface area (Å²) in [6, 6.07) is 5.69. The number of nitrogens with one attached hydrogen (secondary N) is 1. The van der Waals surface area contributed by atoms with Crippen LogP contribution in [0, 0.1) is 5.92 Å². The first-order chi connectivity index (χ1) is 11.0. The van der Waals surface area contributed by atoms with Crippen molar-refractivity contribution >= 4 is 17.3 Å². The summed E-state index contributed by atoms with van der Waals surface area (Å²) >= 11 is 1.56. The monoisotopic (exact) mass is 331 g/mol. The van der Waals surface area contributed by atoms with Crippen LogP contribution < -0.4 is 5.32 Å². The number of hydrogen-bond donors (Lipinski definition) is 2. The van der Waals surface area contributed by atoms with E-state index in [0.29, 0.717) is 12.8 Å². The summed E-state index contributed by atoms with van der Waals surface area (Å²) in [7, 11) is 0. The highest BCUT2D eigenvalue weighted by Gasteiger charge is 2.52. The molecule has 0 radical (unpaired) electrons. The lowest BCUT2D eigenvalue weighted by Crippen LogP contribution is -2.49. The molecule has 1 saturated heterocycles. The van der Waals surface area contributed by atoms with E-state index < -0.39 is 11.5 Å². The average Bonchev–Trinajstić information content (AvgIpc) is 3.15. The van der Waals surface area contributed by atoms with Crippen LogP contribution in [0.25, 0.3) is 0 Å². The maximum atomic E-state index is 12.1. The fraction of sp³-hybridized carbons (Fsp3) is 0.471. The summed E-state index contributed by atoms with van der Waals surface area (Å²) in [6.07, 6.45) is 4.65. The second kappa shape index (κ2) is 6.37. The molecule has 3 atom stereocenters. The van der Waals surface area contributed by atoms with Crippen molar-refractivity contribution in [1.29, 1.82) is 0 Å². The van der Waals surface area contributed by atoms with E-state index >= 15 is 0 Å². The number of aliphatic carboxylic acids is 1. The summed E-state index contributed by atoms with van der Waals surface area (Å²) in [5.41, 5.74) is -0.000694. The van der Waals surface area contributed by atoms with Crippen LogP contribution in [0.3, 0.4) is 0 Å². The Labute approximate surface area is 139 Å². The van der Waals surface area contributed by atoms with Gasteiger partial charge in [0.2, 0.25) is 0 Å². The lowest BCUT2D eigenvalue weighted by Gasteiger charge is -2.27. The second-order valence-corrected chi connectivity index (χ2v) is 7.47. The molecule has 23 heavy (non-hydrogen) atoms. The van der Waals surface area contributed by atoms with Crippen molar-refractivity contribution in [2.45, 2.75) is 44.2 Å². The number of hydrogen-bond acceptors (Lipinski definition) is 5. The molecule has 6 heteroatoms. The summed E-state index contributed by atoms with van der Waals surface area (Å²) < 4.78 is 0. The SMILES string of the molecule is CC(C)C[C@@]1(C(=O)O)C[C@H](c2ccccn2)[C@H](c2nccs2)N1. The van der Waals surface area contributed by atoms with Crippen LogP contribution in [0.5, 0.6) is 0 Å². The lowest BCUT2D eigenvalue weighted by atomic mass is 9.83. The molecule has 0 aliphatic carbocycles. The van der Waals surface area contributed by atoms with Crippen LogP contribution in [-0.4, -0.2) is 26.6 Å². The molecular weight excluding hydrogens is 310 g/mol. The van der Waals surface area contributed by atoms with Crippen molar-refractivity contribution in [3.05, 3.63) is 46.7 Å². The Bertz CT molecular complexity index is 660. The summed E-state index contributed by atoms with van der Waals surface area (Å²) in [6.45, 7) is 4.11. The Balaban J connectivity index is 2.00. The predicted octanol–water partition coefficient (Wildman–Crippen LogP) is 3.23. The Morgan fingerprint density at radius 1 is 1.43 bits per heavy atom. The van der Waals surface area contributed by atoms with Gasteiger partial charge in [-0.15, -0.1) is 11.3 Å². The van der Waals surface area contributed by atoms with Gasteiger partial charge in [-0.3, -0.25) is 15.1 Å². The third kappa shape index (κ3) is 3.14. The number of aromatic nitrogens is 2. The Morgan fingerprint density at radius 3 is 2.83 bits per heavy atom. The molecule has 3 rings (SSSR count). The third-order valence-electron chi connectivity index (χ3n) is 4.35. The fourth-order valence-corrected chi connectivity index (χ4v) is 4.27. The van der Waals surface area contributed by atoms with Gasteiger partial charge in [0, 0.05) is 29.4 Å². The van der Waals surface area contributed by atoms with E-state index in [4.69, 9.17) is 0 Å². The minimum absolute atomic E-state index is 0.0113. The van der Waals surface area contributed by atoms with Gasteiger partial charge in [0.05, 0.1) is 6.04 Å². The van der Waals surface area contributed by atoms with Crippen LogP contribution in [0.2, 0.25) is 0 Å². The highest BCUT2D eigenvalue weighted by Crippen LogP contribution is 2.46. The smallest absolute Gasteiger partial charge is 0.323 e. The van der Waals surface area contributed by atoms with Crippen LogP contribution in [0.15, 0.2) is 36.0 Å². The zero-order valence-electron chi connectivity index (χ0n) is 13.3. The van der Waals surface area contributed by atoms with E-state index in [1.807, 2.05) is 23.6 Å². The standard InChI is InChI=1S/C17H21N3O2S/c1-11(2)9-17(16(21)22)10-12(13-5-3-4-6-18-13)14(20-17)15-19-7-8-23-15/h3-8,11-12,14,20H,9-10H2,1-2H3,(H,21,22)/t12-,14-,17+/m1/s1. The Hall–Kier alpha value is -1.79. The van der Waals surface area contributed by atoms with Crippen LogP contribution in [0.1, 0.15) is 49.4 Å². The number of carboxylic acid groups (broad SMARTS) is 1. The zero-order chi connectivity index (χ0) is 16.4. The number of carbonyl (C=O) groups is 1. The van der Waals surface area contributed by atoms with Gasteiger partial charge in [-0.05, 0) is 30.9 Å². The minimum atomic E-state index is -0.924. The quantitative estimate of drug-likeness (QED) is 0.880. The molecule has 2 aromatic heterocycles. The van der Waals surface area contributed by atoms with Gasteiger partial charge in [-0.2, -0.15) is 0 Å². The Kier molecular flexibility index (Phi) is 4.46. The number of thiazole rings is 1. The topological polar surface area (TPSA) is 75.1 Å². The van der Waals surface area contributed by atoms with E-state index in [1.54, 1.807) is 23.7 Å². The van der Waals surface area contributed by atoms with Gasteiger partial charge in [-0.25, -0.2) is 4.98 Å². The molecule has 2 aromatic rings. The van der Waals surface area contributed by atoms with Gasteiger partial charge in [0.1, 0.15) is 10.5 Å². The van der Waals surface area contributed by atoms with E-state index in [1.165, 1.54) is 0 Å². The molecule has 0 unspecified atom stereocenters. The van der Waals surface area contributed by atoms with E-state index in [-0.39, 0.29) is 17.9 Å². The molecule has 2 N–H and O–H groups in total. The third-order valence-corrected chi connectivity index (χ3v) is 5.21. The lowest BCUT2D eigenvalue weighted by molar-refractivity contribution is -0.145. The number of rotatable bonds is 5. The molecule has 0 amide bonds. The van der Waals surface area contributed by atoms with Crippen molar-refractivity contribution in [3.63, 3.8) is 0 Å². The molecular formula is C17H21N3O2S. The van der Waals surface area contributed by atoms with Crippen LogP contribution >= 0.6 is 11.3 Å².